The van der Waals surface area contributed by atoms with Gasteiger partial charge in [-0.1, -0.05) is 22.0 Å². The molecule has 1 aromatic carbocycles. The van der Waals surface area contributed by atoms with Gasteiger partial charge in [0, 0.05) is 5.33 Å². The van der Waals surface area contributed by atoms with Crippen LogP contribution in [0, 0.1) is 0 Å². The lowest BCUT2D eigenvalue weighted by atomic mass is 10.1. The van der Waals surface area contributed by atoms with Gasteiger partial charge in [0.05, 0.1) is 10.8 Å². The van der Waals surface area contributed by atoms with Gasteiger partial charge in [-0.3, -0.25) is 19.8 Å². The fourth-order valence-corrected chi connectivity index (χ4v) is 1.66. The first-order chi connectivity index (χ1) is 6.72. The van der Waals surface area contributed by atoms with Crippen molar-refractivity contribution in [2.75, 3.05) is 0 Å². The molecule has 2 aromatic rings. The smallest absolute Gasteiger partial charge is 0.267 e. The average Bonchev–Trinajstić information content (AvgIpc) is 2.23. The molecule has 4 nitrogen and oxygen atoms in total. The van der Waals surface area contributed by atoms with Crippen LogP contribution in [0.25, 0.3) is 10.8 Å². The van der Waals surface area contributed by atoms with E-state index in [1.54, 1.807) is 12.1 Å². The maximum Gasteiger partial charge on any atom is 0.270 e. The summed E-state index contributed by atoms with van der Waals surface area (Å²) in [5.74, 6) is 0. The monoisotopic (exact) mass is 254 g/mol. The molecule has 2 N–H and O–H groups in total. The normalized spacial score (nSPS) is 10.6. The van der Waals surface area contributed by atoms with Gasteiger partial charge in [-0.15, -0.1) is 0 Å². The number of alkyl halides is 1. The van der Waals surface area contributed by atoms with Gasteiger partial charge in [0.25, 0.3) is 11.1 Å². The molecular formula is C9H7BrN2O2. The van der Waals surface area contributed by atoms with Crippen molar-refractivity contribution in [1.29, 1.82) is 0 Å². The summed E-state index contributed by atoms with van der Waals surface area (Å²) in [4.78, 5) is 22.7. The molecule has 0 atom stereocenters. The number of hydrogen-bond donors (Lipinski definition) is 2. The molecule has 0 fully saturated rings. The Balaban J connectivity index is 2.94. The van der Waals surface area contributed by atoms with Crippen molar-refractivity contribution in [3.63, 3.8) is 0 Å². The van der Waals surface area contributed by atoms with Gasteiger partial charge in [-0.25, -0.2) is 0 Å². The molecule has 0 saturated heterocycles. The quantitative estimate of drug-likeness (QED) is 0.749. The number of H-pyrrole nitrogens is 2. The number of benzene rings is 1. The molecule has 5 heteroatoms. The van der Waals surface area contributed by atoms with E-state index in [2.05, 4.69) is 26.1 Å². The molecule has 0 saturated carbocycles. The summed E-state index contributed by atoms with van der Waals surface area (Å²) in [5, 5.41) is 6.06. The van der Waals surface area contributed by atoms with Crippen LogP contribution in [0.3, 0.4) is 0 Å². The molecule has 0 aliphatic heterocycles. The number of fused-ring (bicyclic) bond motifs is 1. The lowest BCUT2D eigenvalue weighted by Crippen LogP contribution is -2.18. The fourth-order valence-electron chi connectivity index (χ4n) is 1.31. The van der Waals surface area contributed by atoms with Crippen LogP contribution in [-0.4, -0.2) is 10.2 Å². The van der Waals surface area contributed by atoms with Crippen molar-refractivity contribution in [3.8, 4) is 0 Å². The van der Waals surface area contributed by atoms with Crippen molar-refractivity contribution in [2.45, 2.75) is 5.33 Å². The Morgan fingerprint density at radius 2 is 1.71 bits per heavy atom. The fraction of sp³-hybridized carbons (Fsp3) is 0.111. The molecule has 2 rings (SSSR count). The molecule has 0 aliphatic rings. The number of rotatable bonds is 1. The highest BCUT2D eigenvalue weighted by Crippen LogP contribution is 2.10. The summed E-state index contributed by atoms with van der Waals surface area (Å²) >= 11 is 3.29. The summed E-state index contributed by atoms with van der Waals surface area (Å²) in [5.41, 5.74) is 0.414. The summed E-state index contributed by atoms with van der Waals surface area (Å²) in [6.07, 6.45) is 0. The lowest BCUT2D eigenvalue weighted by molar-refractivity contribution is 0.976. The van der Waals surface area contributed by atoms with E-state index in [1.807, 2.05) is 6.07 Å². The molecule has 0 aliphatic carbocycles. The Morgan fingerprint density at radius 3 is 2.36 bits per heavy atom. The predicted molar refractivity (Wildman–Crippen MR) is 57.8 cm³/mol. The number of aromatic nitrogens is 2. The van der Waals surface area contributed by atoms with E-state index < -0.39 is 0 Å². The number of nitrogens with one attached hydrogen (secondary N) is 2. The Hall–Kier alpha value is -1.36. The van der Waals surface area contributed by atoms with Crippen molar-refractivity contribution in [2.24, 2.45) is 0 Å². The van der Waals surface area contributed by atoms with Gasteiger partial charge >= 0.3 is 0 Å². The minimum atomic E-state index is -0.277. The average molecular weight is 255 g/mol. The zero-order valence-corrected chi connectivity index (χ0v) is 8.72. The third kappa shape index (κ3) is 1.39. The maximum absolute atomic E-state index is 11.4. The molecule has 0 unspecified atom stereocenters. The first-order valence-corrected chi connectivity index (χ1v) is 5.14. The van der Waals surface area contributed by atoms with Crippen LogP contribution in [0.1, 0.15) is 5.56 Å². The molecule has 1 heterocycles. The van der Waals surface area contributed by atoms with Gasteiger partial charge < -0.3 is 0 Å². The van der Waals surface area contributed by atoms with Crippen LogP contribution in [0.4, 0.5) is 0 Å². The topological polar surface area (TPSA) is 65.7 Å². The van der Waals surface area contributed by atoms with Crippen LogP contribution in [0.15, 0.2) is 27.8 Å². The van der Waals surface area contributed by atoms with Crippen molar-refractivity contribution in [1.82, 2.24) is 10.2 Å². The highest BCUT2D eigenvalue weighted by Gasteiger charge is 2.02. The molecule has 72 valence electrons. The molecule has 0 spiro atoms. The van der Waals surface area contributed by atoms with E-state index in [4.69, 9.17) is 0 Å². The van der Waals surface area contributed by atoms with E-state index in [1.165, 1.54) is 0 Å². The van der Waals surface area contributed by atoms with Crippen LogP contribution in [-0.2, 0) is 5.33 Å². The Bertz CT molecular complexity index is 585. The van der Waals surface area contributed by atoms with Gasteiger partial charge in [-0.2, -0.15) is 0 Å². The zero-order valence-electron chi connectivity index (χ0n) is 7.13. The zero-order chi connectivity index (χ0) is 10.1. The number of halogens is 1. The minimum Gasteiger partial charge on any atom is -0.267 e. The van der Waals surface area contributed by atoms with Crippen LogP contribution in [0.2, 0.25) is 0 Å². The maximum atomic E-state index is 11.4. The second-order valence-electron chi connectivity index (χ2n) is 2.92. The van der Waals surface area contributed by atoms with E-state index >= 15 is 0 Å². The first-order valence-electron chi connectivity index (χ1n) is 4.02. The Morgan fingerprint density at radius 1 is 1.07 bits per heavy atom. The van der Waals surface area contributed by atoms with E-state index in [-0.39, 0.29) is 11.1 Å². The summed E-state index contributed by atoms with van der Waals surface area (Å²) in [7, 11) is 0. The molecular weight excluding hydrogens is 248 g/mol. The molecule has 1 aromatic heterocycles. The number of aromatic amines is 2. The third-order valence-corrected chi connectivity index (χ3v) is 2.66. The summed E-state index contributed by atoms with van der Waals surface area (Å²) in [6, 6.07) is 5.17. The van der Waals surface area contributed by atoms with Crippen LogP contribution >= 0.6 is 15.9 Å². The van der Waals surface area contributed by atoms with Crippen LogP contribution in [0.5, 0.6) is 0 Å². The molecule has 0 bridgehead atoms. The van der Waals surface area contributed by atoms with Gasteiger partial charge in [0.2, 0.25) is 0 Å². The van der Waals surface area contributed by atoms with Crippen molar-refractivity contribution < 1.29 is 0 Å². The SMILES string of the molecule is O=c1[nH][nH]c(=O)c2cc(CBr)ccc12. The summed E-state index contributed by atoms with van der Waals surface area (Å²) in [6.45, 7) is 0. The Labute approximate surface area is 87.1 Å². The standard InChI is InChI=1S/C9H7BrN2O2/c10-4-5-1-2-6-7(3-5)9(14)12-11-8(6)13/h1-3H,4H2,(H,11,13)(H,12,14). The Kier molecular flexibility index (Phi) is 2.25. The highest BCUT2D eigenvalue weighted by atomic mass is 79.9. The second-order valence-corrected chi connectivity index (χ2v) is 3.48. The van der Waals surface area contributed by atoms with Gasteiger partial charge in [0.15, 0.2) is 0 Å². The van der Waals surface area contributed by atoms with Crippen molar-refractivity contribution in [3.05, 3.63) is 44.5 Å². The predicted octanol–water partition coefficient (Wildman–Crippen LogP) is 1.11. The molecule has 0 amide bonds. The van der Waals surface area contributed by atoms with E-state index in [9.17, 15) is 9.59 Å². The largest absolute Gasteiger partial charge is 0.270 e. The third-order valence-electron chi connectivity index (χ3n) is 2.02. The van der Waals surface area contributed by atoms with Crippen molar-refractivity contribution >= 4 is 26.7 Å². The van der Waals surface area contributed by atoms with Gasteiger partial charge in [-0.05, 0) is 17.7 Å². The molecule has 14 heavy (non-hydrogen) atoms. The van der Waals surface area contributed by atoms with Gasteiger partial charge in [0.1, 0.15) is 0 Å². The van der Waals surface area contributed by atoms with Crippen LogP contribution < -0.4 is 11.1 Å². The first kappa shape index (κ1) is 9.21. The second kappa shape index (κ2) is 3.42. The highest BCUT2D eigenvalue weighted by molar-refractivity contribution is 9.08. The lowest BCUT2D eigenvalue weighted by Gasteiger charge is -1.98. The van der Waals surface area contributed by atoms with E-state index in [0.29, 0.717) is 16.1 Å². The number of hydrogen-bond acceptors (Lipinski definition) is 2. The molecule has 0 radical (unpaired) electrons. The summed E-state index contributed by atoms with van der Waals surface area (Å²) < 4.78 is 0. The minimum absolute atomic E-state index is 0.276. The van der Waals surface area contributed by atoms with E-state index in [0.717, 1.165) is 5.56 Å².